The fourth-order valence-electron chi connectivity index (χ4n) is 3.10. The van der Waals surface area contributed by atoms with E-state index in [2.05, 4.69) is 19.9 Å². The van der Waals surface area contributed by atoms with Crippen LogP contribution in [0.3, 0.4) is 0 Å². The number of aromatic amines is 1. The second kappa shape index (κ2) is 10.3. The molecule has 3 heterocycles. The van der Waals surface area contributed by atoms with Gasteiger partial charge in [0.05, 0.1) is 0 Å². The van der Waals surface area contributed by atoms with Crippen LogP contribution in [0.2, 0.25) is 0 Å². The highest BCUT2D eigenvalue weighted by Gasteiger charge is 2.27. The molecule has 0 aromatic carbocycles. The first-order chi connectivity index (χ1) is 15.3. The number of hydrogen-bond acceptors (Lipinski definition) is 8. The van der Waals surface area contributed by atoms with E-state index in [-0.39, 0.29) is 29.7 Å². The van der Waals surface area contributed by atoms with Gasteiger partial charge in [-0.2, -0.15) is 0 Å². The Balaban J connectivity index is 2.04. The Morgan fingerprint density at radius 2 is 2.00 bits per heavy atom. The molecule has 3 rings (SSSR count). The van der Waals surface area contributed by atoms with Crippen LogP contribution in [-0.4, -0.2) is 37.0 Å². The summed E-state index contributed by atoms with van der Waals surface area (Å²) in [7, 11) is 0. The summed E-state index contributed by atoms with van der Waals surface area (Å²) < 4.78 is 1.31. The van der Waals surface area contributed by atoms with E-state index in [0.717, 1.165) is 6.42 Å². The Morgan fingerprint density at radius 3 is 2.66 bits per heavy atom. The highest BCUT2D eigenvalue weighted by atomic mass is 32.1. The standard InChI is InChI=1S/C21H27N7O3S/c1-4-5-10-28-16(22)15(18(29)26-21(28)31)27(11-7-13(2)3)20(30)14-12-32-19(25-14)17-23-8-6-9-24-17/h6,8-9,12-13H,4-5,7,10-11,22H2,1-3H3,(H,26,29,31). The Labute approximate surface area is 189 Å². The van der Waals surface area contributed by atoms with E-state index in [0.29, 0.717) is 30.2 Å². The van der Waals surface area contributed by atoms with Crippen molar-refractivity contribution in [3.05, 3.63) is 50.4 Å². The number of nitrogens with one attached hydrogen (secondary N) is 1. The third-order valence-corrected chi connectivity index (χ3v) is 5.71. The lowest BCUT2D eigenvalue weighted by atomic mass is 10.1. The molecule has 1 amide bonds. The van der Waals surface area contributed by atoms with Gasteiger partial charge in [0.15, 0.2) is 16.5 Å². The van der Waals surface area contributed by atoms with Gasteiger partial charge in [-0.25, -0.2) is 19.7 Å². The van der Waals surface area contributed by atoms with Gasteiger partial charge in [0.25, 0.3) is 11.5 Å². The summed E-state index contributed by atoms with van der Waals surface area (Å²) in [5, 5.41) is 2.10. The van der Waals surface area contributed by atoms with Crippen molar-refractivity contribution < 1.29 is 4.79 Å². The van der Waals surface area contributed by atoms with Gasteiger partial charge in [0.2, 0.25) is 0 Å². The SMILES string of the molecule is CCCCn1c(N)c(N(CCC(C)C)C(=O)c2csc(-c3ncccn3)n2)c(=O)[nH]c1=O. The third kappa shape index (κ3) is 5.10. The molecule has 3 aromatic rings. The first kappa shape index (κ1) is 23.3. The zero-order valence-corrected chi connectivity index (χ0v) is 19.2. The molecule has 0 atom stereocenters. The molecule has 170 valence electrons. The molecule has 0 aliphatic rings. The number of nitrogens with two attached hydrogens (primary N) is 1. The van der Waals surface area contributed by atoms with Crippen molar-refractivity contribution in [1.29, 1.82) is 0 Å². The smallest absolute Gasteiger partial charge is 0.330 e. The second-order valence-corrected chi connectivity index (χ2v) is 8.61. The van der Waals surface area contributed by atoms with Crippen molar-refractivity contribution in [1.82, 2.24) is 24.5 Å². The largest absolute Gasteiger partial charge is 0.383 e. The van der Waals surface area contributed by atoms with Crippen LogP contribution in [0.15, 0.2) is 33.4 Å². The third-order valence-electron chi connectivity index (χ3n) is 4.87. The summed E-state index contributed by atoms with van der Waals surface area (Å²) in [5.74, 6) is 0.198. The maximum Gasteiger partial charge on any atom is 0.330 e. The molecular weight excluding hydrogens is 430 g/mol. The molecular formula is C21H27N7O3S. The normalized spacial score (nSPS) is 11.1. The van der Waals surface area contributed by atoms with E-state index in [4.69, 9.17) is 5.73 Å². The average molecular weight is 458 g/mol. The molecule has 0 aliphatic carbocycles. The van der Waals surface area contributed by atoms with Gasteiger partial charge >= 0.3 is 5.69 Å². The van der Waals surface area contributed by atoms with Crippen molar-refractivity contribution in [2.75, 3.05) is 17.2 Å². The Kier molecular flexibility index (Phi) is 7.52. The predicted octanol–water partition coefficient (Wildman–Crippen LogP) is 2.53. The molecule has 0 radical (unpaired) electrons. The van der Waals surface area contributed by atoms with E-state index in [1.54, 1.807) is 23.8 Å². The molecule has 0 unspecified atom stereocenters. The van der Waals surface area contributed by atoms with Crippen LogP contribution in [0.5, 0.6) is 0 Å². The maximum atomic E-state index is 13.5. The Hall–Kier alpha value is -3.34. The van der Waals surface area contributed by atoms with Crippen LogP contribution in [0.25, 0.3) is 10.8 Å². The highest BCUT2D eigenvalue weighted by molar-refractivity contribution is 7.13. The maximum absolute atomic E-state index is 13.5. The van der Waals surface area contributed by atoms with Crippen LogP contribution >= 0.6 is 11.3 Å². The van der Waals surface area contributed by atoms with E-state index < -0.39 is 17.2 Å². The Morgan fingerprint density at radius 1 is 1.28 bits per heavy atom. The lowest BCUT2D eigenvalue weighted by Crippen LogP contribution is -2.42. The predicted molar refractivity (Wildman–Crippen MR) is 125 cm³/mol. The van der Waals surface area contributed by atoms with Gasteiger partial charge < -0.3 is 5.73 Å². The van der Waals surface area contributed by atoms with E-state index in [1.807, 2.05) is 20.8 Å². The minimum Gasteiger partial charge on any atom is -0.383 e. The lowest BCUT2D eigenvalue weighted by molar-refractivity contribution is 0.0981. The van der Waals surface area contributed by atoms with Crippen LogP contribution in [-0.2, 0) is 6.54 Å². The van der Waals surface area contributed by atoms with Gasteiger partial charge in [-0.3, -0.25) is 24.0 Å². The van der Waals surface area contributed by atoms with Crippen molar-refractivity contribution in [3.8, 4) is 10.8 Å². The van der Waals surface area contributed by atoms with E-state index in [1.165, 1.54) is 20.8 Å². The fourth-order valence-corrected chi connectivity index (χ4v) is 3.84. The monoisotopic (exact) mass is 457 g/mol. The molecule has 0 aliphatic heterocycles. The number of carbonyl (C=O) groups is 1. The van der Waals surface area contributed by atoms with E-state index >= 15 is 0 Å². The van der Waals surface area contributed by atoms with Crippen molar-refractivity contribution in [2.24, 2.45) is 5.92 Å². The van der Waals surface area contributed by atoms with Gasteiger partial charge in [0.1, 0.15) is 11.5 Å². The van der Waals surface area contributed by atoms with Gasteiger partial charge in [-0.15, -0.1) is 11.3 Å². The topological polar surface area (TPSA) is 140 Å². The summed E-state index contributed by atoms with van der Waals surface area (Å²) in [6.07, 6.45) is 5.39. The quantitative estimate of drug-likeness (QED) is 0.503. The molecule has 11 heteroatoms. The number of aromatic nitrogens is 5. The average Bonchev–Trinajstić information content (AvgIpc) is 3.26. The summed E-state index contributed by atoms with van der Waals surface area (Å²) in [6.45, 7) is 6.63. The van der Waals surface area contributed by atoms with Crippen LogP contribution < -0.4 is 21.9 Å². The number of unbranched alkanes of at least 4 members (excludes halogenated alkanes) is 1. The van der Waals surface area contributed by atoms with Crippen LogP contribution in [0.4, 0.5) is 11.5 Å². The number of carbonyl (C=O) groups excluding carboxylic acids is 1. The second-order valence-electron chi connectivity index (χ2n) is 7.75. The molecule has 0 saturated carbocycles. The molecule has 0 saturated heterocycles. The van der Waals surface area contributed by atoms with Gasteiger partial charge in [-0.05, 0) is 24.8 Å². The van der Waals surface area contributed by atoms with Crippen molar-refractivity contribution in [3.63, 3.8) is 0 Å². The molecule has 0 bridgehead atoms. The Bertz CT molecular complexity index is 1180. The van der Waals surface area contributed by atoms with Crippen LogP contribution in [0.1, 0.15) is 50.5 Å². The summed E-state index contributed by atoms with van der Waals surface area (Å²) in [4.78, 5) is 54.8. The number of anilines is 2. The summed E-state index contributed by atoms with van der Waals surface area (Å²) in [5.41, 5.74) is 5.10. The lowest BCUT2D eigenvalue weighted by Gasteiger charge is -2.24. The highest BCUT2D eigenvalue weighted by Crippen LogP contribution is 2.24. The number of amides is 1. The van der Waals surface area contributed by atoms with Crippen molar-refractivity contribution in [2.45, 2.75) is 46.6 Å². The van der Waals surface area contributed by atoms with E-state index in [9.17, 15) is 14.4 Å². The summed E-state index contributed by atoms with van der Waals surface area (Å²) in [6, 6.07) is 1.69. The number of hydrogen-bond donors (Lipinski definition) is 2. The zero-order valence-electron chi connectivity index (χ0n) is 18.4. The molecule has 3 aromatic heterocycles. The van der Waals surface area contributed by atoms with Crippen molar-refractivity contribution >= 4 is 28.7 Å². The number of thiazole rings is 1. The molecule has 32 heavy (non-hydrogen) atoms. The molecule has 0 spiro atoms. The first-order valence-electron chi connectivity index (χ1n) is 10.5. The zero-order chi connectivity index (χ0) is 23.3. The molecule has 3 N–H and O–H groups in total. The van der Waals surface area contributed by atoms with Gasteiger partial charge in [-0.1, -0.05) is 27.2 Å². The number of nitrogen functional groups attached to an aromatic ring is 1. The first-order valence-corrected chi connectivity index (χ1v) is 11.4. The fraction of sp³-hybridized carbons (Fsp3) is 0.429. The number of H-pyrrole nitrogens is 1. The number of nitrogens with zero attached hydrogens (tertiary/aromatic N) is 5. The molecule has 10 nitrogen and oxygen atoms in total. The number of rotatable bonds is 9. The summed E-state index contributed by atoms with van der Waals surface area (Å²) >= 11 is 1.24. The molecule has 0 fully saturated rings. The van der Waals surface area contributed by atoms with Crippen LogP contribution in [0, 0.1) is 5.92 Å². The minimum atomic E-state index is -0.695. The minimum absolute atomic E-state index is 0.0221. The van der Waals surface area contributed by atoms with Gasteiger partial charge in [0, 0.05) is 30.9 Å².